The molecule has 1 aliphatic rings. The van der Waals surface area contributed by atoms with Crippen LogP contribution in [0.15, 0.2) is 59.5 Å². The summed E-state index contributed by atoms with van der Waals surface area (Å²) in [7, 11) is -4.04. The monoisotopic (exact) mass is 455 g/mol. The number of hydrogen-bond donors (Lipinski definition) is 1. The Morgan fingerprint density at radius 1 is 0.968 bits per heavy atom. The largest absolute Gasteiger partial charge is 0.454 e. The summed E-state index contributed by atoms with van der Waals surface area (Å²) in [5, 5.41) is 2.32. The molecule has 0 aliphatic heterocycles. The van der Waals surface area contributed by atoms with Gasteiger partial charge in [-0.15, -0.1) is 0 Å². The van der Waals surface area contributed by atoms with Crippen LogP contribution in [0.1, 0.15) is 31.2 Å². The first-order chi connectivity index (χ1) is 14.6. The van der Waals surface area contributed by atoms with Crippen LogP contribution >= 0.6 is 0 Å². The summed E-state index contributed by atoms with van der Waals surface area (Å²) in [6, 6.07) is 11.3. The summed E-state index contributed by atoms with van der Waals surface area (Å²) in [6.07, 6.45) is -3.27. The first-order valence-electron chi connectivity index (χ1n) is 9.50. The van der Waals surface area contributed by atoms with Crippen molar-refractivity contribution in [3.05, 3.63) is 60.2 Å². The Hall–Kier alpha value is -2.88. The Morgan fingerprint density at radius 2 is 1.55 bits per heavy atom. The molecule has 0 unspecified atom stereocenters. The molecule has 0 saturated heterocycles. The fourth-order valence-corrected chi connectivity index (χ4v) is 5.63. The molecule has 0 bridgehead atoms. The van der Waals surface area contributed by atoms with Gasteiger partial charge in [0.15, 0.2) is 21.2 Å². The SMILES string of the molecule is O=C(COC(=O)C1(S(=O)(=O)c2ccccc2)CCCC1)Nc1ccc(C(F)(F)F)cc1. The molecule has 2 aromatic rings. The van der Waals surface area contributed by atoms with Crippen molar-refractivity contribution in [2.75, 3.05) is 11.9 Å². The fraction of sp³-hybridized carbons (Fsp3) is 0.333. The van der Waals surface area contributed by atoms with Crippen LogP contribution < -0.4 is 5.32 Å². The van der Waals surface area contributed by atoms with Crippen LogP contribution in [0.5, 0.6) is 0 Å². The lowest BCUT2D eigenvalue weighted by molar-refractivity contribution is -0.150. The van der Waals surface area contributed by atoms with Gasteiger partial charge in [-0.3, -0.25) is 9.59 Å². The molecule has 1 N–H and O–H groups in total. The minimum atomic E-state index is -4.50. The molecule has 0 aromatic heterocycles. The van der Waals surface area contributed by atoms with Gasteiger partial charge in [-0.2, -0.15) is 13.2 Å². The van der Waals surface area contributed by atoms with E-state index in [0.717, 1.165) is 24.3 Å². The average Bonchev–Trinajstić information content (AvgIpc) is 3.24. The molecular formula is C21H20F3NO5S. The number of anilines is 1. The Bertz CT molecular complexity index is 1040. The maximum absolute atomic E-state index is 13.2. The number of sulfone groups is 1. The number of hydrogen-bond acceptors (Lipinski definition) is 5. The normalized spacial score (nSPS) is 16.0. The summed E-state index contributed by atoms with van der Waals surface area (Å²) in [5.41, 5.74) is -0.784. The van der Waals surface area contributed by atoms with E-state index in [1.807, 2.05) is 0 Å². The van der Waals surface area contributed by atoms with Crippen molar-refractivity contribution in [3.63, 3.8) is 0 Å². The molecule has 0 atom stereocenters. The average molecular weight is 455 g/mol. The zero-order chi connectivity index (χ0) is 22.7. The van der Waals surface area contributed by atoms with Gasteiger partial charge >= 0.3 is 12.1 Å². The molecular weight excluding hydrogens is 435 g/mol. The van der Waals surface area contributed by atoms with Crippen molar-refractivity contribution in [2.24, 2.45) is 0 Å². The zero-order valence-electron chi connectivity index (χ0n) is 16.3. The van der Waals surface area contributed by atoms with Crippen molar-refractivity contribution in [1.29, 1.82) is 0 Å². The van der Waals surface area contributed by atoms with Crippen LogP contribution in [-0.4, -0.2) is 31.6 Å². The Morgan fingerprint density at radius 3 is 2.10 bits per heavy atom. The van der Waals surface area contributed by atoms with Crippen LogP contribution in [0.4, 0.5) is 18.9 Å². The first kappa shape index (κ1) is 22.8. The van der Waals surface area contributed by atoms with Crippen LogP contribution in [0.3, 0.4) is 0 Å². The highest BCUT2D eigenvalue weighted by Gasteiger charge is 2.54. The number of alkyl halides is 3. The highest BCUT2D eigenvalue weighted by atomic mass is 32.2. The molecule has 2 aromatic carbocycles. The molecule has 6 nitrogen and oxygen atoms in total. The standard InChI is InChI=1S/C21H20F3NO5S/c22-21(23,24)15-8-10-16(11-9-15)25-18(26)14-30-19(27)20(12-4-5-13-20)31(28,29)17-6-2-1-3-7-17/h1-3,6-11H,4-5,12-14H2,(H,25,26). The van der Waals surface area contributed by atoms with Gasteiger partial charge in [0.05, 0.1) is 10.5 Å². The second-order valence-corrected chi connectivity index (χ2v) is 9.48. The van der Waals surface area contributed by atoms with E-state index >= 15 is 0 Å². The number of rotatable bonds is 6. The lowest BCUT2D eigenvalue weighted by Gasteiger charge is -2.26. The third kappa shape index (κ3) is 4.73. The number of carbonyl (C=O) groups is 2. The molecule has 1 amide bonds. The highest BCUT2D eigenvalue weighted by Crippen LogP contribution is 2.41. The van der Waals surface area contributed by atoms with E-state index in [2.05, 4.69) is 5.32 Å². The smallest absolute Gasteiger partial charge is 0.416 e. The number of amides is 1. The van der Waals surface area contributed by atoms with E-state index in [-0.39, 0.29) is 23.4 Å². The molecule has 1 fully saturated rings. The van der Waals surface area contributed by atoms with Gasteiger partial charge < -0.3 is 10.1 Å². The molecule has 3 rings (SSSR count). The summed E-state index contributed by atoms with van der Waals surface area (Å²) in [5.74, 6) is -1.80. The van der Waals surface area contributed by atoms with Crippen molar-refractivity contribution in [3.8, 4) is 0 Å². The number of nitrogens with one attached hydrogen (secondary N) is 1. The Balaban J connectivity index is 1.67. The number of esters is 1. The maximum Gasteiger partial charge on any atom is 0.416 e. The van der Waals surface area contributed by atoms with Crippen LogP contribution in [0, 0.1) is 0 Å². The topological polar surface area (TPSA) is 89.5 Å². The lowest BCUT2D eigenvalue weighted by Crippen LogP contribution is -2.46. The zero-order valence-corrected chi connectivity index (χ0v) is 17.1. The van der Waals surface area contributed by atoms with E-state index in [4.69, 9.17) is 4.74 Å². The van der Waals surface area contributed by atoms with Gasteiger partial charge in [0.2, 0.25) is 0 Å². The van der Waals surface area contributed by atoms with Gasteiger partial charge in [-0.05, 0) is 49.2 Å². The second kappa shape index (κ2) is 8.70. The predicted molar refractivity (Wildman–Crippen MR) is 106 cm³/mol. The molecule has 1 saturated carbocycles. The summed E-state index contributed by atoms with van der Waals surface area (Å²) in [4.78, 5) is 24.9. The summed E-state index contributed by atoms with van der Waals surface area (Å²) >= 11 is 0. The van der Waals surface area contributed by atoms with Gasteiger partial charge in [0.25, 0.3) is 5.91 Å². The minimum Gasteiger partial charge on any atom is -0.454 e. The van der Waals surface area contributed by atoms with E-state index in [1.54, 1.807) is 18.2 Å². The predicted octanol–water partition coefficient (Wildman–Crippen LogP) is 3.97. The molecule has 0 heterocycles. The number of halogens is 3. The number of ether oxygens (including phenoxy) is 1. The highest BCUT2D eigenvalue weighted by molar-refractivity contribution is 7.93. The summed E-state index contributed by atoms with van der Waals surface area (Å²) in [6.45, 7) is -0.758. The Kier molecular flexibility index (Phi) is 6.40. The van der Waals surface area contributed by atoms with Gasteiger partial charge in [-0.1, -0.05) is 31.0 Å². The summed E-state index contributed by atoms with van der Waals surface area (Å²) < 4.78 is 67.4. The first-order valence-corrected chi connectivity index (χ1v) is 11.0. The van der Waals surface area contributed by atoms with Crippen molar-refractivity contribution in [2.45, 2.75) is 41.5 Å². The third-order valence-corrected chi connectivity index (χ3v) is 7.68. The van der Waals surface area contributed by atoms with E-state index in [1.165, 1.54) is 12.1 Å². The van der Waals surface area contributed by atoms with E-state index in [0.29, 0.717) is 12.8 Å². The molecule has 0 spiro atoms. The van der Waals surface area contributed by atoms with Crippen LogP contribution in [0.25, 0.3) is 0 Å². The number of benzene rings is 2. The van der Waals surface area contributed by atoms with Crippen molar-refractivity contribution in [1.82, 2.24) is 0 Å². The van der Waals surface area contributed by atoms with Gasteiger partial charge in [-0.25, -0.2) is 8.42 Å². The van der Waals surface area contributed by atoms with E-state index < -0.39 is 44.8 Å². The quantitative estimate of drug-likeness (QED) is 0.666. The van der Waals surface area contributed by atoms with Gasteiger partial charge in [0, 0.05) is 5.69 Å². The third-order valence-electron chi connectivity index (χ3n) is 5.18. The number of carbonyl (C=O) groups excluding carboxylic acids is 2. The van der Waals surface area contributed by atoms with Crippen LogP contribution in [0.2, 0.25) is 0 Å². The van der Waals surface area contributed by atoms with Crippen LogP contribution in [-0.2, 0) is 30.3 Å². The minimum absolute atomic E-state index is 0.00283. The second-order valence-electron chi connectivity index (χ2n) is 7.22. The maximum atomic E-state index is 13.2. The molecule has 10 heteroatoms. The van der Waals surface area contributed by atoms with Crippen molar-refractivity contribution < 1.29 is 35.9 Å². The van der Waals surface area contributed by atoms with Crippen molar-refractivity contribution >= 4 is 27.4 Å². The molecule has 1 aliphatic carbocycles. The fourth-order valence-electron chi connectivity index (χ4n) is 3.56. The Labute approximate surface area is 177 Å². The molecule has 31 heavy (non-hydrogen) atoms. The van der Waals surface area contributed by atoms with Gasteiger partial charge in [0.1, 0.15) is 0 Å². The molecule has 166 valence electrons. The molecule has 0 radical (unpaired) electrons. The lowest BCUT2D eigenvalue weighted by atomic mass is 10.1. The van der Waals surface area contributed by atoms with E-state index in [9.17, 15) is 31.2 Å².